The first-order chi connectivity index (χ1) is 13.4. The lowest BCUT2D eigenvalue weighted by Crippen LogP contribution is -2.39. The van der Waals surface area contributed by atoms with Crippen LogP contribution in [0.3, 0.4) is 0 Å². The standard InChI is InChI=1S/C20H26N4O4/c1-23-12-15(19(21)25)16(22-23)11-13-7-9-24(10-8-13)20(26)14-5-4-6-17(27-2)18(14)28-3/h4-6,12-13H,7-11H2,1-3H3,(H2,21,25). The number of methoxy groups -OCH3 is 2. The first-order valence-electron chi connectivity index (χ1n) is 9.27. The number of hydrogen-bond acceptors (Lipinski definition) is 5. The minimum atomic E-state index is -0.458. The normalized spacial score (nSPS) is 14.8. The molecule has 1 aromatic carbocycles. The fraction of sp³-hybridized carbons (Fsp3) is 0.450. The van der Waals surface area contributed by atoms with Crippen LogP contribution in [-0.4, -0.2) is 53.8 Å². The molecule has 8 nitrogen and oxygen atoms in total. The highest BCUT2D eigenvalue weighted by molar-refractivity contribution is 5.98. The van der Waals surface area contributed by atoms with Gasteiger partial charge < -0.3 is 20.1 Å². The molecule has 2 heterocycles. The van der Waals surface area contributed by atoms with E-state index in [4.69, 9.17) is 15.2 Å². The number of nitrogens with two attached hydrogens (primary N) is 1. The van der Waals surface area contributed by atoms with Crippen molar-refractivity contribution in [1.82, 2.24) is 14.7 Å². The number of piperidine rings is 1. The van der Waals surface area contributed by atoms with Crippen molar-refractivity contribution >= 4 is 11.8 Å². The number of carbonyl (C=O) groups excluding carboxylic acids is 2. The van der Waals surface area contributed by atoms with E-state index in [1.165, 1.54) is 7.11 Å². The summed E-state index contributed by atoms with van der Waals surface area (Å²) in [5, 5.41) is 4.37. The monoisotopic (exact) mass is 386 g/mol. The Morgan fingerprint density at radius 3 is 2.50 bits per heavy atom. The Bertz CT molecular complexity index is 869. The van der Waals surface area contributed by atoms with Gasteiger partial charge in [-0.3, -0.25) is 14.3 Å². The number of ether oxygens (including phenoxy) is 2. The maximum absolute atomic E-state index is 13.0. The van der Waals surface area contributed by atoms with E-state index in [2.05, 4.69) is 5.10 Å². The molecular weight excluding hydrogens is 360 g/mol. The van der Waals surface area contributed by atoms with Crippen molar-refractivity contribution in [1.29, 1.82) is 0 Å². The van der Waals surface area contributed by atoms with Crippen molar-refractivity contribution in [3.05, 3.63) is 41.2 Å². The lowest BCUT2D eigenvalue weighted by molar-refractivity contribution is 0.0686. The van der Waals surface area contributed by atoms with E-state index >= 15 is 0 Å². The summed E-state index contributed by atoms with van der Waals surface area (Å²) in [7, 11) is 4.86. The molecule has 0 unspecified atom stereocenters. The van der Waals surface area contributed by atoms with Crippen molar-refractivity contribution in [2.75, 3.05) is 27.3 Å². The van der Waals surface area contributed by atoms with E-state index in [1.807, 2.05) is 4.90 Å². The Balaban J connectivity index is 1.66. The lowest BCUT2D eigenvalue weighted by atomic mass is 9.91. The minimum absolute atomic E-state index is 0.0649. The molecule has 1 fully saturated rings. The summed E-state index contributed by atoms with van der Waals surface area (Å²) in [6, 6.07) is 5.31. The van der Waals surface area contributed by atoms with Crippen LogP contribution in [0.2, 0.25) is 0 Å². The SMILES string of the molecule is COc1cccc(C(=O)N2CCC(Cc3nn(C)cc3C(N)=O)CC2)c1OC. The van der Waals surface area contributed by atoms with E-state index in [0.29, 0.717) is 48.1 Å². The largest absolute Gasteiger partial charge is 0.493 e. The van der Waals surface area contributed by atoms with Crippen molar-refractivity contribution in [2.24, 2.45) is 18.7 Å². The molecule has 0 spiro atoms. The van der Waals surface area contributed by atoms with Gasteiger partial charge in [-0.05, 0) is 37.3 Å². The highest BCUT2D eigenvalue weighted by atomic mass is 16.5. The number of benzene rings is 1. The van der Waals surface area contributed by atoms with Gasteiger partial charge in [0.2, 0.25) is 0 Å². The van der Waals surface area contributed by atoms with Gasteiger partial charge in [0.25, 0.3) is 11.8 Å². The molecule has 0 saturated carbocycles. The molecule has 1 aromatic heterocycles. The Kier molecular flexibility index (Phi) is 5.87. The molecule has 28 heavy (non-hydrogen) atoms. The van der Waals surface area contributed by atoms with Gasteiger partial charge in [-0.2, -0.15) is 5.10 Å². The summed E-state index contributed by atoms with van der Waals surface area (Å²) in [6.07, 6.45) is 4.02. The van der Waals surface area contributed by atoms with E-state index in [9.17, 15) is 9.59 Å². The number of likely N-dealkylation sites (tertiary alicyclic amines) is 1. The van der Waals surface area contributed by atoms with Gasteiger partial charge in [0.15, 0.2) is 11.5 Å². The number of amides is 2. The number of rotatable bonds is 6. The quantitative estimate of drug-likeness (QED) is 0.813. The molecule has 150 valence electrons. The van der Waals surface area contributed by atoms with Crippen LogP contribution >= 0.6 is 0 Å². The second kappa shape index (κ2) is 8.33. The number of primary amides is 1. The summed E-state index contributed by atoms with van der Waals surface area (Å²) < 4.78 is 12.3. The summed E-state index contributed by atoms with van der Waals surface area (Å²) in [4.78, 5) is 26.4. The smallest absolute Gasteiger partial charge is 0.257 e. The first-order valence-corrected chi connectivity index (χ1v) is 9.27. The van der Waals surface area contributed by atoms with Crippen LogP contribution < -0.4 is 15.2 Å². The number of para-hydroxylation sites is 1. The molecule has 0 bridgehead atoms. The van der Waals surface area contributed by atoms with Crippen molar-refractivity contribution in [3.8, 4) is 11.5 Å². The maximum Gasteiger partial charge on any atom is 0.257 e. The Labute approximate surface area is 164 Å². The molecule has 0 atom stereocenters. The third-order valence-corrected chi connectivity index (χ3v) is 5.19. The second-order valence-electron chi connectivity index (χ2n) is 7.01. The lowest BCUT2D eigenvalue weighted by Gasteiger charge is -2.32. The average Bonchev–Trinajstić information content (AvgIpc) is 3.07. The summed E-state index contributed by atoms with van der Waals surface area (Å²) in [6.45, 7) is 1.28. The van der Waals surface area contributed by atoms with E-state index in [-0.39, 0.29) is 5.91 Å². The zero-order valence-electron chi connectivity index (χ0n) is 16.5. The molecule has 2 aromatic rings. The fourth-order valence-corrected chi connectivity index (χ4v) is 3.73. The average molecular weight is 386 g/mol. The van der Waals surface area contributed by atoms with Gasteiger partial charge in [-0.25, -0.2) is 0 Å². The Morgan fingerprint density at radius 2 is 1.89 bits per heavy atom. The van der Waals surface area contributed by atoms with Crippen LogP contribution in [0.4, 0.5) is 0 Å². The fourth-order valence-electron chi connectivity index (χ4n) is 3.73. The predicted molar refractivity (Wildman–Crippen MR) is 104 cm³/mol. The van der Waals surface area contributed by atoms with Crippen molar-refractivity contribution < 1.29 is 19.1 Å². The molecule has 2 N–H and O–H groups in total. The summed E-state index contributed by atoms with van der Waals surface area (Å²) >= 11 is 0. The highest BCUT2D eigenvalue weighted by Gasteiger charge is 2.28. The molecule has 1 aliphatic rings. The first kappa shape index (κ1) is 19.7. The van der Waals surface area contributed by atoms with Crippen LogP contribution in [0.5, 0.6) is 11.5 Å². The summed E-state index contributed by atoms with van der Waals surface area (Å²) in [5.41, 5.74) is 7.15. The molecule has 3 rings (SSSR count). The molecule has 0 aliphatic carbocycles. The Hall–Kier alpha value is -3.03. The molecular formula is C20H26N4O4. The van der Waals surface area contributed by atoms with Gasteiger partial charge in [0.1, 0.15) is 0 Å². The summed E-state index contributed by atoms with van der Waals surface area (Å²) in [5.74, 6) is 0.823. The maximum atomic E-state index is 13.0. The zero-order chi connectivity index (χ0) is 20.3. The van der Waals surface area contributed by atoms with E-state index < -0.39 is 5.91 Å². The third kappa shape index (κ3) is 3.95. The van der Waals surface area contributed by atoms with Crippen LogP contribution in [-0.2, 0) is 13.5 Å². The zero-order valence-corrected chi connectivity index (χ0v) is 16.5. The van der Waals surface area contributed by atoms with Gasteiger partial charge in [0, 0.05) is 26.3 Å². The van der Waals surface area contributed by atoms with Crippen LogP contribution in [0.25, 0.3) is 0 Å². The van der Waals surface area contributed by atoms with Crippen molar-refractivity contribution in [2.45, 2.75) is 19.3 Å². The second-order valence-corrected chi connectivity index (χ2v) is 7.01. The molecule has 1 saturated heterocycles. The van der Waals surface area contributed by atoms with Gasteiger partial charge in [-0.1, -0.05) is 6.07 Å². The Morgan fingerprint density at radius 1 is 1.18 bits per heavy atom. The van der Waals surface area contributed by atoms with Crippen LogP contribution in [0.15, 0.2) is 24.4 Å². The highest BCUT2D eigenvalue weighted by Crippen LogP contribution is 2.32. The number of nitrogens with zero attached hydrogens (tertiary/aromatic N) is 3. The predicted octanol–water partition coefficient (Wildman–Crippen LogP) is 1.63. The van der Waals surface area contributed by atoms with Gasteiger partial charge in [-0.15, -0.1) is 0 Å². The van der Waals surface area contributed by atoms with Gasteiger partial charge in [0.05, 0.1) is 31.0 Å². The number of aryl methyl sites for hydroxylation is 1. The minimum Gasteiger partial charge on any atom is -0.493 e. The third-order valence-electron chi connectivity index (χ3n) is 5.19. The van der Waals surface area contributed by atoms with Crippen LogP contribution in [0, 0.1) is 5.92 Å². The number of carbonyl (C=O) groups is 2. The van der Waals surface area contributed by atoms with Crippen LogP contribution in [0.1, 0.15) is 39.3 Å². The molecule has 2 amide bonds. The van der Waals surface area contributed by atoms with Gasteiger partial charge >= 0.3 is 0 Å². The van der Waals surface area contributed by atoms with E-state index in [0.717, 1.165) is 18.5 Å². The topological polar surface area (TPSA) is 99.7 Å². The van der Waals surface area contributed by atoms with Crippen molar-refractivity contribution in [3.63, 3.8) is 0 Å². The van der Waals surface area contributed by atoms with E-state index in [1.54, 1.807) is 43.2 Å². The molecule has 8 heteroatoms. The molecule has 0 radical (unpaired) electrons. The molecule has 1 aliphatic heterocycles. The number of aromatic nitrogens is 2. The number of hydrogen-bond donors (Lipinski definition) is 1.